The van der Waals surface area contributed by atoms with Crippen LogP contribution in [0.15, 0.2) is 34.4 Å². The van der Waals surface area contributed by atoms with Gasteiger partial charge in [0.25, 0.3) is 11.5 Å². The van der Waals surface area contributed by atoms with Crippen LogP contribution in [0, 0.1) is 0 Å². The summed E-state index contributed by atoms with van der Waals surface area (Å²) >= 11 is 1.29. The molecule has 3 N–H and O–H groups in total. The number of carbonyl (C=O) groups is 1. The van der Waals surface area contributed by atoms with E-state index in [0.29, 0.717) is 10.9 Å². The van der Waals surface area contributed by atoms with E-state index in [1.54, 1.807) is 22.5 Å². The number of hydrogen-bond donors (Lipinski definition) is 3. The molecular weight excluding hydrogens is 333 g/mol. The summed E-state index contributed by atoms with van der Waals surface area (Å²) in [7, 11) is 0. The number of alkyl halides is 3. The SMILES string of the molecule is CC(O)(CNC(=O)c1ccc(C(F)(F)F)[nH]c1=O)c1cccs1. The van der Waals surface area contributed by atoms with Gasteiger partial charge >= 0.3 is 6.18 Å². The summed E-state index contributed by atoms with van der Waals surface area (Å²) in [5.74, 6) is -0.864. The minimum absolute atomic E-state index is 0.188. The lowest BCUT2D eigenvalue weighted by molar-refractivity contribution is -0.141. The summed E-state index contributed by atoms with van der Waals surface area (Å²) in [5, 5.41) is 14.4. The maximum Gasteiger partial charge on any atom is 0.431 e. The minimum atomic E-state index is -4.70. The third-order valence-electron chi connectivity index (χ3n) is 3.10. The number of halogens is 3. The highest BCUT2D eigenvalue weighted by Crippen LogP contribution is 2.26. The molecule has 0 aliphatic heterocycles. The third kappa shape index (κ3) is 3.99. The van der Waals surface area contributed by atoms with E-state index < -0.39 is 34.5 Å². The molecule has 0 saturated heterocycles. The molecule has 2 rings (SSSR count). The molecule has 0 aliphatic rings. The monoisotopic (exact) mass is 346 g/mol. The second-order valence-corrected chi connectivity index (χ2v) is 5.99. The number of thiophene rings is 1. The van der Waals surface area contributed by atoms with Crippen molar-refractivity contribution >= 4 is 17.2 Å². The van der Waals surface area contributed by atoms with Crippen molar-refractivity contribution in [1.82, 2.24) is 10.3 Å². The summed E-state index contributed by atoms with van der Waals surface area (Å²) in [6.45, 7) is 1.29. The van der Waals surface area contributed by atoms with Crippen LogP contribution >= 0.6 is 11.3 Å². The van der Waals surface area contributed by atoms with Gasteiger partial charge < -0.3 is 15.4 Å². The van der Waals surface area contributed by atoms with Gasteiger partial charge in [-0.3, -0.25) is 9.59 Å². The Morgan fingerprint density at radius 1 is 1.35 bits per heavy atom. The summed E-state index contributed by atoms with van der Waals surface area (Å²) in [4.78, 5) is 25.8. The van der Waals surface area contributed by atoms with Gasteiger partial charge in [-0.1, -0.05) is 6.07 Å². The molecule has 0 radical (unpaired) electrons. The first-order valence-corrected chi connectivity index (χ1v) is 7.34. The zero-order chi connectivity index (χ0) is 17.3. The third-order valence-corrected chi connectivity index (χ3v) is 4.23. The fourth-order valence-corrected chi connectivity index (χ4v) is 2.62. The van der Waals surface area contributed by atoms with E-state index in [0.717, 1.165) is 6.07 Å². The van der Waals surface area contributed by atoms with Crippen LogP contribution in [0.5, 0.6) is 0 Å². The van der Waals surface area contributed by atoms with Crippen molar-refractivity contribution in [3.8, 4) is 0 Å². The number of H-pyrrole nitrogens is 1. The number of aromatic nitrogens is 1. The highest BCUT2D eigenvalue weighted by molar-refractivity contribution is 7.10. The van der Waals surface area contributed by atoms with Crippen LogP contribution in [-0.2, 0) is 11.8 Å². The van der Waals surface area contributed by atoms with Crippen LogP contribution in [0.1, 0.15) is 27.9 Å². The average molecular weight is 346 g/mol. The molecule has 9 heteroatoms. The number of amides is 1. The van der Waals surface area contributed by atoms with E-state index in [-0.39, 0.29) is 6.54 Å². The Hall–Kier alpha value is -2.13. The van der Waals surface area contributed by atoms with Gasteiger partial charge in [0.2, 0.25) is 0 Å². The zero-order valence-electron chi connectivity index (χ0n) is 11.9. The number of pyridine rings is 1. The molecule has 0 saturated carbocycles. The Morgan fingerprint density at radius 3 is 2.57 bits per heavy atom. The molecule has 1 atom stereocenters. The van der Waals surface area contributed by atoms with Crippen LogP contribution in [0.3, 0.4) is 0 Å². The topological polar surface area (TPSA) is 82.2 Å². The number of aromatic amines is 1. The van der Waals surface area contributed by atoms with Gasteiger partial charge in [0.05, 0.1) is 6.54 Å². The first kappa shape index (κ1) is 17.2. The largest absolute Gasteiger partial charge is 0.431 e. The van der Waals surface area contributed by atoms with Crippen LogP contribution in [0.2, 0.25) is 0 Å². The Morgan fingerprint density at radius 2 is 2.04 bits per heavy atom. The van der Waals surface area contributed by atoms with Crippen LogP contribution in [0.25, 0.3) is 0 Å². The molecule has 0 aromatic carbocycles. The number of hydrogen-bond acceptors (Lipinski definition) is 4. The number of aliphatic hydroxyl groups is 1. The summed E-state index contributed by atoms with van der Waals surface area (Å²) in [6.07, 6.45) is -4.70. The second-order valence-electron chi connectivity index (χ2n) is 5.05. The van der Waals surface area contributed by atoms with E-state index in [2.05, 4.69) is 5.32 Å². The van der Waals surface area contributed by atoms with Gasteiger partial charge in [0, 0.05) is 4.88 Å². The molecule has 23 heavy (non-hydrogen) atoms. The lowest BCUT2D eigenvalue weighted by Gasteiger charge is -2.22. The van der Waals surface area contributed by atoms with Gasteiger partial charge in [-0.25, -0.2) is 0 Å². The molecule has 2 heterocycles. The van der Waals surface area contributed by atoms with Crippen molar-refractivity contribution in [2.45, 2.75) is 18.7 Å². The Bertz CT molecular complexity index is 751. The maximum absolute atomic E-state index is 12.5. The second kappa shape index (κ2) is 6.17. The molecular formula is C14H13F3N2O3S. The van der Waals surface area contributed by atoms with Gasteiger partial charge in [-0.05, 0) is 30.5 Å². The summed E-state index contributed by atoms with van der Waals surface area (Å²) in [6, 6.07) is 4.84. The molecule has 0 aliphatic carbocycles. The molecule has 2 aromatic heterocycles. The molecule has 0 fully saturated rings. The average Bonchev–Trinajstić information content (AvgIpc) is 2.98. The van der Waals surface area contributed by atoms with Gasteiger partial charge in [0.1, 0.15) is 16.9 Å². The molecule has 5 nitrogen and oxygen atoms in total. The predicted molar refractivity (Wildman–Crippen MR) is 78.3 cm³/mol. The van der Waals surface area contributed by atoms with Gasteiger partial charge in [0.15, 0.2) is 0 Å². The molecule has 0 spiro atoms. The Balaban J connectivity index is 2.11. The summed E-state index contributed by atoms with van der Waals surface area (Å²) < 4.78 is 37.4. The van der Waals surface area contributed by atoms with Crippen LogP contribution in [-0.4, -0.2) is 22.5 Å². The van der Waals surface area contributed by atoms with E-state index in [1.807, 2.05) is 0 Å². The first-order valence-electron chi connectivity index (χ1n) is 6.46. The van der Waals surface area contributed by atoms with Crippen molar-refractivity contribution in [2.75, 3.05) is 6.54 Å². The van der Waals surface area contributed by atoms with E-state index in [9.17, 15) is 27.9 Å². The Kier molecular flexibility index (Phi) is 4.62. The van der Waals surface area contributed by atoms with Gasteiger partial charge in [-0.15, -0.1) is 11.3 Å². The molecule has 1 unspecified atom stereocenters. The summed E-state index contributed by atoms with van der Waals surface area (Å²) in [5.41, 5.74) is -4.18. The minimum Gasteiger partial charge on any atom is -0.383 e. The van der Waals surface area contributed by atoms with Gasteiger partial charge in [-0.2, -0.15) is 13.2 Å². The lowest BCUT2D eigenvalue weighted by atomic mass is 10.1. The van der Waals surface area contributed by atoms with E-state index in [1.165, 1.54) is 18.3 Å². The van der Waals surface area contributed by atoms with Crippen molar-refractivity contribution in [3.63, 3.8) is 0 Å². The molecule has 124 valence electrons. The Labute approximate surface area is 132 Å². The van der Waals surface area contributed by atoms with E-state index in [4.69, 9.17) is 0 Å². The number of nitrogens with one attached hydrogen (secondary N) is 2. The smallest absolute Gasteiger partial charge is 0.383 e. The molecule has 1 amide bonds. The highest BCUT2D eigenvalue weighted by atomic mass is 32.1. The van der Waals surface area contributed by atoms with Crippen LogP contribution < -0.4 is 10.9 Å². The van der Waals surface area contributed by atoms with Crippen molar-refractivity contribution < 1.29 is 23.1 Å². The van der Waals surface area contributed by atoms with Crippen LogP contribution in [0.4, 0.5) is 13.2 Å². The highest BCUT2D eigenvalue weighted by Gasteiger charge is 2.32. The normalized spacial score (nSPS) is 14.3. The van der Waals surface area contributed by atoms with Crippen molar-refractivity contribution in [3.05, 3.63) is 56.1 Å². The predicted octanol–water partition coefficient (Wildman–Crippen LogP) is 2.09. The number of carbonyl (C=O) groups excluding carboxylic acids is 1. The maximum atomic E-state index is 12.5. The fourth-order valence-electron chi connectivity index (χ4n) is 1.84. The van der Waals surface area contributed by atoms with Crippen molar-refractivity contribution in [1.29, 1.82) is 0 Å². The number of rotatable bonds is 4. The molecule has 0 bridgehead atoms. The zero-order valence-corrected chi connectivity index (χ0v) is 12.7. The molecule has 2 aromatic rings. The van der Waals surface area contributed by atoms with Crippen molar-refractivity contribution in [2.24, 2.45) is 0 Å². The first-order chi connectivity index (χ1) is 10.6. The quantitative estimate of drug-likeness (QED) is 0.793. The van der Waals surface area contributed by atoms with E-state index >= 15 is 0 Å². The standard InChI is InChI=1S/C14H13F3N2O3S/c1-13(22,10-3-2-6-23-10)7-18-11(20)8-4-5-9(14(15,16)17)19-12(8)21/h2-6,22H,7H2,1H3,(H,18,20)(H,19,21). The fraction of sp³-hybridized carbons (Fsp3) is 0.286. The lowest BCUT2D eigenvalue weighted by Crippen LogP contribution is -2.40.